The highest BCUT2D eigenvalue weighted by atomic mass is 16.5. The standard InChI is InChI=1S/C24H25NO2/c1-3-19-13-15-21(16-14-19)27-17-23(26)25-24(20-10-5-4-6-11-20)22-12-8-7-9-18(22)2/h4-16,24H,3,17H2,1-2H3,(H,25,26)/t24-/m0/s1. The third kappa shape index (κ3) is 4.98. The second kappa shape index (κ2) is 9.04. The van der Waals surface area contributed by atoms with Crippen molar-refractivity contribution in [2.45, 2.75) is 26.3 Å². The zero-order valence-corrected chi connectivity index (χ0v) is 15.8. The Hall–Kier alpha value is -3.07. The number of carbonyl (C=O) groups excluding carboxylic acids is 1. The maximum absolute atomic E-state index is 12.6. The minimum Gasteiger partial charge on any atom is -0.484 e. The Morgan fingerprint density at radius 1 is 0.926 bits per heavy atom. The molecule has 27 heavy (non-hydrogen) atoms. The molecular weight excluding hydrogens is 334 g/mol. The molecule has 3 aromatic carbocycles. The zero-order chi connectivity index (χ0) is 19.1. The summed E-state index contributed by atoms with van der Waals surface area (Å²) >= 11 is 0. The van der Waals surface area contributed by atoms with Crippen molar-refractivity contribution in [1.82, 2.24) is 5.32 Å². The number of hydrogen-bond acceptors (Lipinski definition) is 2. The summed E-state index contributed by atoms with van der Waals surface area (Å²) in [5, 5.41) is 3.12. The second-order valence-corrected chi connectivity index (χ2v) is 6.55. The highest BCUT2D eigenvalue weighted by molar-refractivity contribution is 5.78. The van der Waals surface area contributed by atoms with Gasteiger partial charge in [-0.2, -0.15) is 0 Å². The average molecular weight is 359 g/mol. The number of carbonyl (C=O) groups is 1. The van der Waals surface area contributed by atoms with Crippen LogP contribution in [0.1, 0.15) is 35.2 Å². The Kier molecular flexibility index (Phi) is 6.26. The van der Waals surface area contributed by atoms with Gasteiger partial charge in [-0.05, 0) is 47.7 Å². The van der Waals surface area contributed by atoms with E-state index in [1.54, 1.807) is 0 Å². The number of benzene rings is 3. The van der Waals surface area contributed by atoms with Crippen molar-refractivity contribution in [1.29, 1.82) is 0 Å². The maximum Gasteiger partial charge on any atom is 0.258 e. The van der Waals surface area contributed by atoms with Gasteiger partial charge < -0.3 is 10.1 Å². The summed E-state index contributed by atoms with van der Waals surface area (Å²) in [7, 11) is 0. The largest absolute Gasteiger partial charge is 0.484 e. The fraction of sp³-hybridized carbons (Fsp3) is 0.208. The number of hydrogen-bond donors (Lipinski definition) is 1. The van der Waals surface area contributed by atoms with Gasteiger partial charge in [0, 0.05) is 0 Å². The van der Waals surface area contributed by atoms with Crippen LogP contribution in [0.25, 0.3) is 0 Å². The molecule has 1 amide bonds. The molecule has 0 aliphatic rings. The van der Waals surface area contributed by atoms with Gasteiger partial charge in [0.1, 0.15) is 5.75 Å². The molecule has 0 bridgehead atoms. The number of aryl methyl sites for hydroxylation is 2. The van der Waals surface area contributed by atoms with Crippen molar-refractivity contribution in [3.63, 3.8) is 0 Å². The molecule has 0 saturated carbocycles. The smallest absolute Gasteiger partial charge is 0.258 e. The Balaban J connectivity index is 1.72. The van der Waals surface area contributed by atoms with Crippen LogP contribution in [0.15, 0.2) is 78.9 Å². The second-order valence-electron chi connectivity index (χ2n) is 6.55. The van der Waals surface area contributed by atoms with Crippen LogP contribution in [-0.2, 0) is 11.2 Å². The van der Waals surface area contributed by atoms with E-state index in [9.17, 15) is 4.79 Å². The summed E-state index contributed by atoms with van der Waals surface area (Å²) in [5.74, 6) is 0.557. The molecule has 0 heterocycles. The van der Waals surface area contributed by atoms with E-state index < -0.39 is 0 Å². The van der Waals surface area contributed by atoms with Crippen molar-refractivity contribution in [3.05, 3.63) is 101 Å². The predicted octanol–water partition coefficient (Wildman–Crippen LogP) is 4.84. The highest BCUT2D eigenvalue weighted by Gasteiger charge is 2.18. The molecule has 1 atom stereocenters. The number of rotatable bonds is 7. The van der Waals surface area contributed by atoms with Crippen LogP contribution in [0.4, 0.5) is 0 Å². The molecule has 0 aliphatic heterocycles. The van der Waals surface area contributed by atoms with Gasteiger partial charge in [0.2, 0.25) is 0 Å². The fourth-order valence-electron chi connectivity index (χ4n) is 3.07. The third-order valence-electron chi connectivity index (χ3n) is 4.64. The van der Waals surface area contributed by atoms with Gasteiger partial charge in [-0.1, -0.05) is 73.7 Å². The minimum absolute atomic E-state index is 0.0132. The summed E-state index contributed by atoms with van der Waals surface area (Å²) in [6, 6.07) is 25.8. The fourth-order valence-corrected chi connectivity index (χ4v) is 3.07. The summed E-state index contributed by atoms with van der Waals surface area (Å²) < 4.78 is 5.66. The zero-order valence-electron chi connectivity index (χ0n) is 15.8. The Labute approximate surface area is 161 Å². The molecule has 0 spiro atoms. The minimum atomic E-state index is -0.203. The van der Waals surface area contributed by atoms with E-state index in [0.29, 0.717) is 5.75 Å². The van der Waals surface area contributed by atoms with Gasteiger partial charge in [-0.15, -0.1) is 0 Å². The molecule has 0 radical (unpaired) electrons. The molecular formula is C24H25NO2. The van der Waals surface area contributed by atoms with Gasteiger partial charge in [0.15, 0.2) is 6.61 Å². The molecule has 3 heteroatoms. The molecule has 138 valence electrons. The van der Waals surface area contributed by atoms with E-state index in [2.05, 4.69) is 31.3 Å². The van der Waals surface area contributed by atoms with Crippen molar-refractivity contribution in [2.24, 2.45) is 0 Å². The van der Waals surface area contributed by atoms with Gasteiger partial charge in [0.25, 0.3) is 5.91 Å². The lowest BCUT2D eigenvalue weighted by atomic mass is 9.95. The van der Waals surface area contributed by atoms with Gasteiger partial charge >= 0.3 is 0 Å². The van der Waals surface area contributed by atoms with Gasteiger partial charge in [0.05, 0.1) is 6.04 Å². The molecule has 0 saturated heterocycles. The van der Waals surface area contributed by atoms with Crippen LogP contribution in [0.5, 0.6) is 5.75 Å². The Bertz CT molecular complexity index is 872. The SMILES string of the molecule is CCc1ccc(OCC(=O)N[C@@H](c2ccccc2)c2ccccc2C)cc1. The quantitative estimate of drug-likeness (QED) is 0.655. The van der Waals surface area contributed by atoms with Crippen LogP contribution < -0.4 is 10.1 Å². The van der Waals surface area contributed by atoms with Crippen molar-refractivity contribution < 1.29 is 9.53 Å². The molecule has 3 nitrogen and oxygen atoms in total. The normalized spacial score (nSPS) is 11.6. The van der Waals surface area contributed by atoms with E-state index in [1.807, 2.05) is 66.7 Å². The third-order valence-corrected chi connectivity index (χ3v) is 4.64. The molecule has 0 aliphatic carbocycles. The lowest BCUT2D eigenvalue weighted by Gasteiger charge is -2.21. The number of ether oxygens (including phenoxy) is 1. The van der Waals surface area contributed by atoms with Crippen LogP contribution >= 0.6 is 0 Å². The first kappa shape index (κ1) is 18.7. The van der Waals surface area contributed by atoms with Crippen LogP contribution in [0, 0.1) is 6.92 Å². The first-order valence-corrected chi connectivity index (χ1v) is 9.29. The van der Waals surface area contributed by atoms with E-state index >= 15 is 0 Å². The van der Waals surface area contributed by atoms with E-state index in [4.69, 9.17) is 4.74 Å². The molecule has 3 aromatic rings. The maximum atomic E-state index is 12.6. The molecule has 1 N–H and O–H groups in total. The number of nitrogens with one attached hydrogen (secondary N) is 1. The molecule has 0 fully saturated rings. The van der Waals surface area contributed by atoms with E-state index in [0.717, 1.165) is 23.1 Å². The summed E-state index contributed by atoms with van der Waals surface area (Å²) in [4.78, 5) is 12.6. The lowest BCUT2D eigenvalue weighted by molar-refractivity contribution is -0.123. The topological polar surface area (TPSA) is 38.3 Å². The van der Waals surface area contributed by atoms with Crippen molar-refractivity contribution in [3.8, 4) is 5.75 Å². The van der Waals surface area contributed by atoms with Crippen molar-refractivity contribution in [2.75, 3.05) is 6.61 Å². The molecule has 3 rings (SSSR count). The predicted molar refractivity (Wildman–Crippen MR) is 109 cm³/mol. The highest BCUT2D eigenvalue weighted by Crippen LogP contribution is 2.24. The van der Waals surface area contributed by atoms with Crippen molar-refractivity contribution >= 4 is 5.91 Å². The van der Waals surface area contributed by atoms with Crippen LogP contribution in [0.3, 0.4) is 0 Å². The first-order chi connectivity index (χ1) is 13.2. The van der Waals surface area contributed by atoms with E-state index in [1.165, 1.54) is 5.56 Å². The Morgan fingerprint density at radius 2 is 1.59 bits per heavy atom. The molecule has 0 unspecified atom stereocenters. The monoisotopic (exact) mass is 359 g/mol. The summed E-state index contributed by atoms with van der Waals surface area (Å²) in [6.45, 7) is 4.16. The summed E-state index contributed by atoms with van der Waals surface area (Å²) in [5.41, 5.74) is 4.52. The first-order valence-electron chi connectivity index (χ1n) is 9.29. The number of amides is 1. The Morgan fingerprint density at radius 3 is 2.26 bits per heavy atom. The van der Waals surface area contributed by atoms with E-state index in [-0.39, 0.29) is 18.6 Å². The van der Waals surface area contributed by atoms with Crippen LogP contribution in [-0.4, -0.2) is 12.5 Å². The lowest BCUT2D eigenvalue weighted by Crippen LogP contribution is -2.33. The summed E-state index contributed by atoms with van der Waals surface area (Å²) in [6.07, 6.45) is 0.982. The van der Waals surface area contributed by atoms with Gasteiger partial charge in [-0.25, -0.2) is 0 Å². The average Bonchev–Trinajstić information content (AvgIpc) is 2.72. The molecule has 0 aromatic heterocycles. The van der Waals surface area contributed by atoms with Gasteiger partial charge in [-0.3, -0.25) is 4.79 Å². The van der Waals surface area contributed by atoms with Crippen LogP contribution in [0.2, 0.25) is 0 Å².